The van der Waals surface area contributed by atoms with Crippen molar-refractivity contribution >= 4 is 11.9 Å². The Labute approximate surface area is 160 Å². The highest BCUT2D eigenvalue weighted by atomic mass is 16.5. The van der Waals surface area contributed by atoms with Gasteiger partial charge in [0.1, 0.15) is 5.75 Å². The molecule has 0 aliphatic heterocycles. The summed E-state index contributed by atoms with van der Waals surface area (Å²) in [5.41, 5.74) is 0.623. The van der Waals surface area contributed by atoms with Crippen molar-refractivity contribution in [1.82, 2.24) is 10.2 Å². The second-order valence-corrected chi connectivity index (χ2v) is 7.77. The minimum Gasteiger partial charge on any atom is -0.497 e. The van der Waals surface area contributed by atoms with Crippen LogP contribution in [0, 0.1) is 0 Å². The number of likely N-dealkylation sites (N-methyl/N-ethyl adjacent to an activating group) is 1. The maximum absolute atomic E-state index is 13.2. The van der Waals surface area contributed by atoms with Gasteiger partial charge in [-0.3, -0.25) is 14.5 Å². The summed E-state index contributed by atoms with van der Waals surface area (Å²) in [6.45, 7) is 2.76. The lowest BCUT2D eigenvalue weighted by Crippen LogP contribution is -2.57. The van der Waals surface area contributed by atoms with E-state index in [-0.39, 0.29) is 24.5 Å². The maximum atomic E-state index is 13.2. The van der Waals surface area contributed by atoms with Crippen LogP contribution in [0.4, 0.5) is 0 Å². The van der Waals surface area contributed by atoms with Crippen LogP contribution in [-0.2, 0) is 15.0 Å². The average molecular weight is 374 g/mol. The summed E-state index contributed by atoms with van der Waals surface area (Å²) in [6.07, 6.45) is 5.53. The van der Waals surface area contributed by atoms with Gasteiger partial charge in [0.05, 0.1) is 19.1 Å². The minimum atomic E-state index is -0.797. The fourth-order valence-corrected chi connectivity index (χ4v) is 4.54. The number of hydrogen-bond donors (Lipinski definition) is 2. The quantitative estimate of drug-likeness (QED) is 0.731. The van der Waals surface area contributed by atoms with Crippen molar-refractivity contribution < 1.29 is 19.4 Å². The average Bonchev–Trinajstić information content (AvgIpc) is 3.13. The number of ether oxygens (including phenoxy) is 1. The topological polar surface area (TPSA) is 78.9 Å². The van der Waals surface area contributed by atoms with E-state index < -0.39 is 11.4 Å². The summed E-state index contributed by atoms with van der Waals surface area (Å²) in [4.78, 5) is 26.1. The van der Waals surface area contributed by atoms with Crippen molar-refractivity contribution in [2.24, 2.45) is 0 Å². The third-order valence-corrected chi connectivity index (χ3v) is 6.24. The first-order chi connectivity index (χ1) is 13.0. The van der Waals surface area contributed by atoms with E-state index in [2.05, 4.69) is 5.32 Å². The summed E-state index contributed by atoms with van der Waals surface area (Å²) in [7, 11) is 1.64. The summed E-state index contributed by atoms with van der Waals surface area (Å²) in [5, 5.41) is 12.3. The molecule has 6 heteroatoms. The second-order valence-electron chi connectivity index (χ2n) is 7.77. The number of aliphatic carboxylic acids is 1. The zero-order chi connectivity index (χ0) is 19.4. The van der Waals surface area contributed by atoms with Gasteiger partial charge in [-0.1, -0.05) is 31.9 Å². The van der Waals surface area contributed by atoms with Gasteiger partial charge in [0.2, 0.25) is 5.91 Å². The predicted octanol–water partition coefficient (Wildman–Crippen LogP) is 2.56. The zero-order valence-electron chi connectivity index (χ0n) is 16.2. The fourth-order valence-electron chi connectivity index (χ4n) is 4.54. The zero-order valence-corrected chi connectivity index (χ0v) is 16.2. The Morgan fingerprint density at radius 3 is 2.37 bits per heavy atom. The molecule has 2 aliphatic rings. The number of amides is 1. The van der Waals surface area contributed by atoms with Crippen molar-refractivity contribution in [1.29, 1.82) is 0 Å². The van der Waals surface area contributed by atoms with Gasteiger partial charge in [-0.25, -0.2) is 0 Å². The van der Waals surface area contributed by atoms with Gasteiger partial charge >= 0.3 is 5.97 Å². The molecule has 2 fully saturated rings. The lowest BCUT2D eigenvalue weighted by atomic mass is 9.76. The van der Waals surface area contributed by atoms with E-state index in [9.17, 15) is 9.59 Å². The van der Waals surface area contributed by atoms with Gasteiger partial charge in [-0.05, 0) is 49.9 Å². The van der Waals surface area contributed by atoms with Crippen LogP contribution in [0.1, 0.15) is 51.0 Å². The molecule has 0 unspecified atom stereocenters. The first kappa shape index (κ1) is 19.7. The van der Waals surface area contributed by atoms with Crippen molar-refractivity contribution in [3.8, 4) is 5.75 Å². The van der Waals surface area contributed by atoms with Crippen molar-refractivity contribution in [2.45, 2.75) is 62.9 Å². The van der Waals surface area contributed by atoms with E-state index in [0.717, 1.165) is 49.8 Å². The minimum absolute atomic E-state index is 0.0671. The Bertz CT molecular complexity index is 661. The van der Waals surface area contributed by atoms with Crippen molar-refractivity contribution in [2.75, 3.05) is 20.2 Å². The van der Waals surface area contributed by atoms with E-state index in [0.29, 0.717) is 6.54 Å². The van der Waals surface area contributed by atoms with Gasteiger partial charge in [0.25, 0.3) is 0 Å². The monoisotopic (exact) mass is 374 g/mol. The molecule has 0 bridgehead atoms. The summed E-state index contributed by atoms with van der Waals surface area (Å²) in [6, 6.07) is 8.26. The number of methoxy groups -OCH3 is 1. The SMILES string of the molecule is CCN(CC(=O)O)C1CC(NC(=O)C2(c3ccc(OC)cc3)CCCC2)C1. The summed E-state index contributed by atoms with van der Waals surface area (Å²) < 4.78 is 5.24. The first-order valence-electron chi connectivity index (χ1n) is 9.90. The first-order valence-corrected chi connectivity index (χ1v) is 9.90. The number of benzene rings is 1. The van der Waals surface area contributed by atoms with Crippen LogP contribution in [-0.4, -0.2) is 54.2 Å². The second kappa shape index (κ2) is 8.30. The molecule has 6 nitrogen and oxygen atoms in total. The lowest BCUT2D eigenvalue weighted by Gasteiger charge is -2.43. The fraction of sp³-hybridized carbons (Fsp3) is 0.619. The summed E-state index contributed by atoms with van der Waals surface area (Å²) >= 11 is 0. The number of nitrogens with one attached hydrogen (secondary N) is 1. The van der Waals surface area contributed by atoms with Crippen LogP contribution in [0.2, 0.25) is 0 Å². The van der Waals surface area contributed by atoms with Gasteiger partial charge in [0, 0.05) is 12.1 Å². The highest BCUT2D eigenvalue weighted by Gasteiger charge is 2.45. The van der Waals surface area contributed by atoms with Crippen LogP contribution in [0.3, 0.4) is 0 Å². The highest BCUT2D eigenvalue weighted by Crippen LogP contribution is 2.42. The van der Waals surface area contributed by atoms with E-state index >= 15 is 0 Å². The number of carbonyl (C=O) groups excluding carboxylic acids is 1. The van der Waals surface area contributed by atoms with Crippen LogP contribution in [0.5, 0.6) is 5.75 Å². The van der Waals surface area contributed by atoms with Crippen LogP contribution in [0.25, 0.3) is 0 Å². The molecule has 1 aromatic carbocycles. The molecule has 0 atom stereocenters. The van der Waals surface area contributed by atoms with Gasteiger partial charge < -0.3 is 15.2 Å². The Morgan fingerprint density at radius 1 is 1.22 bits per heavy atom. The highest BCUT2D eigenvalue weighted by molar-refractivity contribution is 5.89. The van der Waals surface area contributed by atoms with Crippen molar-refractivity contribution in [3.05, 3.63) is 29.8 Å². The van der Waals surface area contributed by atoms with E-state index in [1.165, 1.54) is 0 Å². The number of carbonyl (C=O) groups is 2. The van der Waals surface area contributed by atoms with Gasteiger partial charge in [0.15, 0.2) is 0 Å². The van der Waals surface area contributed by atoms with Crippen LogP contribution in [0.15, 0.2) is 24.3 Å². The Balaban J connectivity index is 1.63. The number of nitrogens with zero attached hydrogens (tertiary/aromatic N) is 1. The van der Waals surface area contributed by atoms with Crippen LogP contribution >= 0.6 is 0 Å². The molecule has 148 valence electrons. The van der Waals surface area contributed by atoms with E-state index in [1.54, 1.807) is 7.11 Å². The molecule has 0 heterocycles. The Morgan fingerprint density at radius 2 is 1.85 bits per heavy atom. The molecule has 1 amide bonds. The largest absolute Gasteiger partial charge is 0.497 e. The molecule has 2 saturated carbocycles. The molecule has 1 aromatic rings. The van der Waals surface area contributed by atoms with E-state index in [1.807, 2.05) is 36.1 Å². The predicted molar refractivity (Wildman–Crippen MR) is 103 cm³/mol. The molecule has 27 heavy (non-hydrogen) atoms. The van der Waals surface area contributed by atoms with Gasteiger partial charge in [-0.15, -0.1) is 0 Å². The lowest BCUT2D eigenvalue weighted by molar-refractivity contribution is -0.140. The molecule has 2 N–H and O–H groups in total. The number of rotatable bonds is 8. The normalized spacial score (nSPS) is 23.7. The maximum Gasteiger partial charge on any atom is 0.317 e. The molecule has 3 rings (SSSR count). The van der Waals surface area contributed by atoms with Crippen LogP contribution < -0.4 is 10.1 Å². The molecule has 0 saturated heterocycles. The molecule has 0 aromatic heterocycles. The molecular formula is C21H30N2O4. The smallest absolute Gasteiger partial charge is 0.317 e. The molecule has 0 radical (unpaired) electrons. The van der Waals surface area contributed by atoms with Crippen molar-refractivity contribution in [3.63, 3.8) is 0 Å². The number of carboxylic acids is 1. The number of hydrogen-bond acceptors (Lipinski definition) is 4. The molecule has 2 aliphatic carbocycles. The molecular weight excluding hydrogens is 344 g/mol. The standard InChI is InChI=1S/C21H30N2O4/c1-3-23(14-19(24)25)17-12-16(13-17)22-20(26)21(10-4-5-11-21)15-6-8-18(27-2)9-7-15/h6-9,16-17H,3-5,10-14H2,1-2H3,(H,22,26)(H,24,25). The summed E-state index contributed by atoms with van der Waals surface area (Å²) in [5.74, 6) is 0.121. The van der Waals surface area contributed by atoms with E-state index in [4.69, 9.17) is 9.84 Å². The number of carboxylic acid groups (broad SMARTS) is 1. The molecule has 0 spiro atoms. The third kappa shape index (κ3) is 4.10. The van der Waals surface area contributed by atoms with Gasteiger partial charge in [-0.2, -0.15) is 0 Å². The Hall–Kier alpha value is -2.08. The Kier molecular flexibility index (Phi) is 6.05. The third-order valence-electron chi connectivity index (χ3n) is 6.24.